The molecule has 0 bridgehead atoms. The van der Waals surface area contributed by atoms with Gasteiger partial charge in [-0.1, -0.05) is 12.1 Å². The molecule has 8 nitrogen and oxygen atoms in total. The maximum absolute atomic E-state index is 12.4. The van der Waals surface area contributed by atoms with Crippen LogP contribution in [0.25, 0.3) is 10.9 Å². The number of aryl methyl sites for hydroxylation is 1. The maximum Gasteiger partial charge on any atom is 0.331 e. The third-order valence-electron chi connectivity index (χ3n) is 3.26. The van der Waals surface area contributed by atoms with Crippen molar-refractivity contribution in [2.24, 2.45) is 18.0 Å². The van der Waals surface area contributed by atoms with Gasteiger partial charge in [-0.3, -0.25) is 14.2 Å². The number of hydrogen-bond donors (Lipinski definition) is 2. The molecule has 0 aliphatic heterocycles. The van der Waals surface area contributed by atoms with Crippen molar-refractivity contribution >= 4 is 23.1 Å². The minimum absolute atomic E-state index is 0.367. The van der Waals surface area contributed by atoms with Crippen molar-refractivity contribution < 1.29 is 4.79 Å². The number of fused-ring (bicyclic) bond motifs is 1. The van der Waals surface area contributed by atoms with Crippen molar-refractivity contribution in [3.63, 3.8) is 0 Å². The Morgan fingerprint density at radius 3 is 2.71 bits per heavy atom. The second-order valence-corrected chi connectivity index (χ2v) is 4.50. The highest BCUT2D eigenvalue weighted by atomic mass is 16.2. The van der Waals surface area contributed by atoms with Crippen LogP contribution in [0.3, 0.4) is 0 Å². The molecule has 0 spiro atoms. The maximum atomic E-state index is 12.4. The molecule has 0 radical (unpaired) electrons. The average molecular weight is 289 g/mol. The Kier molecular flexibility index (Phi) is 3.88. The van der Waals surface area contributed by atoms with Gasteiger partial charge in [0, 0.05) is 7.05 Å². The van der Waals surface area contributed by atoms with E-state index in [2.05, 4.69) is 10.4 Å². The molecule has 3 N–H and O–H groups in total. The summed E-state index contributed by atoms with van der Waals surface area (Å²) in [5.74, 6) is 4.34. The standard InChI is InChI=1S/C13H15N5O3/c1-8(11(19)15-7-16-14)18-12(20)9-5-3-4-6-10(9)17(2)13(18)21/h3-8H,14H2,1-2H3,(H,15,16,19). The topological polar surface area (TPSA) is 111 Å². The summed E-state index contributed by atoms with van der Waals surface area (Å²) < 4.78 is 2.24. The van der Waals surface area contributed by atoms with Crippen LogP contribution in [-0.2, 0) is 11.8 Å². The summed E-state index contributed by atoms with van der Waals surface area (Å²) in [6.45, 7) is 1.46. The van der Waals surface area contributed by atoms with Gasteiger partial charge in [-0.25, -0.2) is 9.36 Å². The Hall–Kier alpha value is -2.90. The molecule has 8 heteroatoms. The number of benzene rings is 1. The number of carbonyl (C=O) groups is 1. The molecular weight excluding hydrogens is 274 g/mol. The zero-order valence-corrected chi connectivity index (χ0v) is 11.6. The molecule has 21 heavy (non-hydrogen) atoms. The van der Waals surface area contributed by atoms with Crippen LogP contribution in [-0.4, -0.2) is 21.4 Å². The summed E-state index contributed by atoms with van der Waals surface area (Å²) in [5, 5.41) is 5.79. The van der Waals surface area contributed by atoms with E-state index in [9.17, 15) is 14.4 Å². The summed E-state index contributed by atoms with van der Waals surface area (Å²) in [7, 11) is 1.55. The summed E-state index contributed by atoms with van der Waals surface area (Å²) in [5.41, 5.74) is -0.563. The van der Waals surface area contributed by atoms with Gasteiger partial charge in [-0.15, -0.1) is 0 Å². The monoisotopic (exact) mass is 289 g/mol. The lowest BCUT2D eigenvalue weighted by molar-refractivity contribution is -0.122. The summed E-state index contributed by atoms with van der Waals surface area (Å²) >= 11 is 0. The predicted molar refractivity (Wildman–Crippen MR) is 79.0 cm³/mol. The number of nitrogens with two attached hydrogens (primary N) is 1. The zero-order valence-electron chi connectivity index (χ0n) is 11.6. The lowest BCUT2D eigenvalue weighted by atomic mass is 10.2. The fourth-order valence-electron chi connectivity index (χ4n) is 2.11. The van der Waals surface area contributed by atoms with Gasteiger partial charge in [0.1, 0.15) is 12.4 Å². The highest BCUT2D eigenvalue weighted by Gasteiger charge is 2.20. The zero-order chi connectivity index (χ0) is 15.6. The molecule has 2 rings (SSSR count). The lowest BCUT2D eigenvalue weighted by Gasteiger charge is -2.15. The third-order valence-corrected chi connectivity index (χ3v) is 3.26. The Morgan fingerprint density at radius 1 is 1.38 bits per heavy atom. The van der Waals surface area contributed by atoms with E-state index in [4.69, 9.17) is 5.84 Å². The molecule has 0 aliphatic rings. The van der Waals surface area contributed by atoms with Crippen molar-refractivity contribution in [2.75, 3.05) is 0 Å². The molecule has 1 atom stereocenters. The minimum atomic E-state index is -0.987. The first-order chi connectivity index (χ1) is 9.99. The number of aromatic nitrogens is 2. The van der Waals surface area contributed by atoms with Crippen molar-refractivity contribution in [1.82, 2.24) is 14.5 Å². The Morgan fingerprint density at radius 2 is 2.05 bits per heavy atom. The Balaban J connectivity index is 2.67. The second-order valence-electron chi connectivity index (χ2n) is 4.50. The van der Waals surface area contributed by atoms with E-state index in [-0.39, 0.29) is 0 Å². The van der Waals surface area contributed by atoms with Crippen LogP contribution in [0.2, 0.25) is 0 Å². The molecule has 1 heterocycles. The van der Waals surface area contributed by atoms with Gasteiger partial charge in [0.25, 0.3) is 5.56 Å². The van der Waals surface area contributed by atoms with Crippen LogP contribution in [0.1, 0.15) is 13.0 Å². The smallest absolute Gasteiger partial charge is 0.322 e. The molecule has 1 aromatic carbocycles. The Bertz CT molecular complexity index is 834. The lowest BCUT2D eigenvalue weighted by Crippen LogP contribution is -2.45. The number of hydrogen-bond acceptors (Lipinski definition) is 5. The summed E-state index contributed by atoms with van der Waals surface area (Å²) in [6.07, 6.45) is 0.995. The van der Waals surface area contributed by atoms with E-state index in [1.165, 1.54) is 11.5 Å². The fraction of sp³-hybridized carbons (Fsp3) is 0.231. The number of hydrazone groups is 1. The van der Waals surface area contributed by atoms with Gasteiger partial charge < -0.3 is 11.2 Å². The molecule has 1 amide bonds. The van der Waals surface area contributed by atoms with Crippen LogP contribution < -0.4 is 22.4 Å². The molecule has 0 fully saturated rings. The molecule has 1 unspecified atom stereocenters. The average Bonchev–Trinajstić information content (AvgIpc) is 2.50. The number of nitrogens with zero attached hydrogens (tertiary/aromatic N) is 3. The quantitative estimate of drug-likeness (QED) is 0.336. The van der Waals surface area contributed by atoms with E-state index in [1.54, 1.807) is 31.3 Å². The highest BCUT2D eigenvalue weighted by Crippen LogP contribution is 2.08. The van der Waals surface area contributed by atoms with Crippen LogP contribution >= 0.6 is 0 Å². The number of nitrogens with one attached hydrogen (secondary N) is 1. The van der Waals surface area contributed by atoms with E-state index in [1.807, 2.05) is 0 Å². The van der Waals surface area contributed by atoms with Crippen LogP contribution in [0, 0.1) is 0 Å². The normalized spacial score (nSPS) is 12.7. The number of rotatable bonds is 3. The van der Waals surface area contributed by atoms with E-state index < -0.39 is 23.2 Å². The molecule has 0 saturated carbocycles. The van der Waals surface area contributed by atoms with Gasteiger partial charge >= 0.3 is 5.69 Å². The van der Waals surface area contributed by atoms with Crippen molar-refractivity contribution in [3.05, 3.63) is 45.1 Å². The van der Waals surface area contributed by atoms with Gasteiger partial charge in [-0.05, 0) is 19.1 Å². The second kappa shape index (κ2) is 5.61. The fourth-order valence-corrected chi connectivity index (χ4v) is 2.11. The van der Waals surface area contributed by atoms with Gasteiger partial charge in [0.15, 0.2) is 0 Å². The number of para-hydroxylation sites is 1. The van der Waals surface area contributed by atoms with Crippen molar-refractivity contribution in [2.45, 2.75) is 13.0 Å². The minimum Gasteiger partial charge on any atom is -0.322 e. The summed E-state index contributed by atoms with van der Waals surface area (Å²) in [6, 6.07) is 5.73. The van der Waals surface area contributed by atoms with Crippen molar-refractivity contribution in [3.8, 4) is 0 Å². The first kappa shape index (κ1) is 14.5. The molecule has 2 aromatic rings. The number of carbonyl (C=O) groups excluding carboxylic acids is 1. The van der Waals surface area contributed by atoms with E-state index >= 15 is 0 Å². The molecule has 0 aliphatic carbocycles. The first-order valence-electron chi connectivity index (χ1n) is 6.21. The van der Waals surface area contributed by atoms with Crippen LogP contribution in [0.5, 0.6) is 0 Å². The summed E-state index contributed by atoms with van der Waals surface area (Å²) in [4.78, 5) is 36.6. The van der Waals surface area contributed by atoms with Crippen molar-refractivity contribution in [1.29, 1.82) is 0 Å². The largest absolute Gasteiger partial charge is 0.331 e. The molecule has 1 aromatic heterocycles. The SMILES string of the molecule is CC(C(=O)NC=NN)n1c(=O)c2ccccc2n(C)c1=O. The Labute approximate surface area is 119 Å². The van der Waals surface area contributed by atoms with Crippen LogP contribution in [0.4, 0.5) is 0 Å². The third kappa shape index (κ3) is 2.42. The van der Waals surface area contributed by atoms with Gasteiger partial charge in [-0.2, -0.15) is 5.10 Å². The van der Waals surface area contributed by atoms with Crippen LogP contribution in [0.15, 0.2) is 39.0 Å². The molecule has 0 saturated heterocycles. The predicted octanol–water partition coefficient (Wildman–Crippen LogP) is -0.721. The van der Waals surface area contributed by atoms with E-state index in [0.29, 0.717) is 10.9 Å². The van der Waals surface area contributed by atoms with E-state index in [0.717, 1.165) is 10.9 Å². The molecular formula is C13H15N5O3. The van der Waals surface area contributed by atoms with Gasteiger partial charge in [0.05, 0.1) is 10.9 Å². The van der Waals surface area contributed by atoms with Gasteiger partial charge in [0.2, 0.25) is 5.91 Å². The first-order valence-corrected chi connectivity index (χ1v) is 6.21. The number of amides is 1. The highest BCUT2D eigenvalue weighted by molar-refractivity contribution is 5.90. The molecule has 110 valence electrons.